The average molecular weight is 456 g/mol. The molecular weight excluding hydrogens is 422 g/mol. The van der Waals surface area contributed by atoms with Gasteiger partial charge in [0.15, 0.2) is 0 Å². The van der Waals surface area contributed by atoms with Crippen molar-refractivity contribution in [2.45, 2.75) is 51.0 Å². The predicted molar refractivity (Wildman–Crippen MR) is 113 cm³/mol. The Bertz CT molecular complexity index is 662. The van der Waals surface area contributed by atoms with Crippen LogP contribution in [-0.2, 0) is 33.4 Å². The molecule has 0 radical (unpaired) electrons. The summed E-state index contributed by atoms with van der Waals surface area (Å²) in [6.07, 6.45) is 5.73. The molecule has 11 nitrogen and oxygen atoms in total. The van der Waals surface area contributed by atoms with Crippen LogP contribution in [0.15, 0.2) is 12.2 Å². The Morgan fingerprint density at radius 3 is 2.38 bits per heavy atom. The number of carbonyl (C=O) groups excluding carboxylic acids is 4. The first-order valence-corrected chi connectivity index (χ1v) is 10.7. The Morgan fingerprint density at radius 1 is 1.00 bits per heavy atom. The predicted octanol–water partition coefficient (Wildman–Crippen LogP) is -0.00930. The summed E-state index contributed by atoms with van der Waals surface area (Å²) in [4.78, 5) is 59.0. The van der Waals surface area contributed by atoms with Crippen LogP contribution in [0.1, 0.15) is 44.9 Å². The molecule has 4 amide bonds. The number of carboxylic acid groups (broad SMARTS) is 1. The summed E-state index contributed by atoms with van der Waals surface area (Å²) in [5, 5.41) is 14.5. The van der Waals surface area contributed by atoms with E-state index in [1.54, 1.807) is 7.11 Å². The highest BCUT2D eigenvalue weighted by Crippen LogP contribution is 2.08. The van der Waals surface area contributed by atoms with Crippen molar-refractivity contribution in [3.8, 4) is 0 Å². The van der Waals surface area contributed by atoms with Crippen LogP contribution in [0.25, 0.3) is 0 Å². The number of carbonyl (C=O) groups is 5. The molecule has 0 unspecified atom stereocenters. The number of ether oxygens (including phenoxy) is 2. The smallest absolute Gasteiger partial charge is 0.326 e. The number of hydrogen-bond acceptors (Lipinski definition) is 7. The molecule has 0 aromatic rings. The average Bonchev–Trinajstić information content (AvgIpc) is 3.07. The molecule has 11 heteroatoms. The van der Waals surface area contributed by atoms with Gasteiger partial charge in [-0.05, 0) is 32.1 Å². The highest BCUT2D eigenvalue weighted by molar-refractivity contribution is 6.12. The number of hydrogen-bond donors (Lipinski definition) is 3. The molecule has 180 valence electrons. The zero-order valence-corrected chi connectivity index (χ0v) is 18.5. The normalized spacial score (nSPS) is 14.0. The number of carboxylic acids is 1. The van der Waals surface area contributed by atoms with Gasteiger partial charge in [0.2, 0.25) is 11.8 Å². The van der Waals surface area contributed by atoms with Gasteiger partial charge in [-0.2, -0.15) is 0 Å². The van der Waals surface area contributed by atoms with Gasteiger partial charge in [0, 0.05) is 38.8 Å². The quantitative estimate of drug-likeness (QED) is 0.193. The highest BCUT2D eigenvalue weighted by atomic mass is 16.5. The maximum Gasteiger partial charge on any atom is 0.326 e. The van der Waals surface area contributed by atoms with E-state index < -0.39 is 12.0 Å². The van der Waals surface area contributed by atoms with Crippen molar-refractivity contribution in [2.24, 2.45) is 0 Å². The van der Waals surface area contributed by atoms with E-state index in [2.05, 4.69) is 10.6 Å². The topological polar surface area (TPSA) is 151 Å². The fraction of sp³-hybridized carbons (Fsp3) is 0.667. The van der Waals surface area contributed by atoms with Gasteiger partial charge in [-0.1, -0.05) is 6.42 Å². The number of nitrogens with zero attached hydrogens (tertiary/aromatic N) is 1. The summed E-state index contributed by atoms with van der Waals surface area (Å²) in [5.74, 6) is -2.36. The number of aliphatic carboxylic acids is 1. The van der Waals surface area contributed by atoms with Crippen molar-refractivity contribution in [2.75, 3.05) is 40.0 Å². The molecule has 1 atom stereocenters. The maximum atomic E-state index is 12.0. The molecular formula is C21H33N3O8. The maximum absolute atomic E-state index is 12.0. The Balaban J connectivity index is 2.11. The third-order valence-electron chi connectivity index (χ3n) is 4.73. The van der Waals surface area contributed by atoms with Crippen LogP contribution in [0.5, 0.6) is 0 Å². The first-order valence-electron chi connectivity index (χ1n) is 10.7. The van der Waals surface area contributed by atoms with Gasteiger partial charge in [-0.25, -0.2) is 4.79 Å². The Hall–Kier alpha value is -2.79. The van der Waals surface area contributed by atoms with Gasteiger partial charge in [-0.3, -0.25) is 24.1 Å². The van der Waals surface area contributed by atoms with Crippen molar-refractivity contribution in [3.63, 3.8) is 0 Å². The third-order valence-corrected chi connectivity index (χ3v) is 4.73. The number of rotatable bonds is 18. The molecule has 1 aliphatic rings. The first-order chi connectivity index (χ1) is 15.3. The molecule has 0 saturated heterocycles. The number of unbranched alkanes of at least 4 members (excludes halogenated alkanes) is 3. The van der Waals surface area contributed by atoms with E-state index in [4.69, 9.17) is 9.47 Å². The number of nitrogens with one attached hydrogen (secondary N) is 2. The minimum absolute atomic E-state index is 0.0568. The van der Waals surface area contributed by atoms with E-state index in [1.165, 1.54) is 12.2 Å². The van der Waals surface area contributed by atoms with Crippen LogP contribution in [0.3, 0.4) is 0 Å². The van der Waals surface area contributed by atoms with E-state index in [0.717, 1.165) is 4.90 Å². The summed E-state index contributed by atoms with van der Waals surface area (Å²) >= 11 is 0. The van der Waals surface area contributed by atoms with Gasteiger partial charge in [-0.15, -0.1) is 0 Å². The van der Waals surface area contributed by atoms with Gasteiger partial charge < -0.3 is 25.2 Å². The lowest BCUT2D eigenvalue weighted by Gasteiger charge is -2.15. The highest BCUT2D eigenvalue weighted by Gasteiger charge is 2.22. The Morgan fingerprint density at radius 2 is 1.72 bits per heavy atom. The molecule has 0 aromatic heterocycles. The fourth-order valence-electron chi connectivity index (χ4n) is 2.97. The van der Waals surface area contributed by atoms with E-state index in [-0.39, 0.29) is 43.1 Å². The van der Waals surface area contributed by atoms with Crippen molar-refractivity contribution < 1.29 is 38.6 Å². The van der Waals surface area contributed by atoms with Gasteiger partial charge >= 0.3 is 5.97 Å². The molecule has 1 rings (SSSR count). The van der Waals surface area contributed by atoms with E-state index >= 15 is 0 Å². The zero-order valence-electron chi connectivity index (χ0n) is 18.5. The molecule has 0 aliphatic carbocycles. The largest absolute Gasteiger partial charge is 0.480 e. The van der Waals surface area contributed by atoms with Crippen LogP contribution in [0, 0.1) is 0 Å². The van der Waals surface area contributed by atoms with Crippen LogP contribution in [0.2, 0.25) is 0 Å². The second-order valence-electron chi connectivity index (χ2n) is 7.32. The molecule has 32 heavy (non-hydrogen) atoms. The van der Waals surface area contributed by atoms with Gasteiger partial charge in [0.25, 0.3) is 11.8 Å². The van der Waals surface area contributed by atoms with Gasteiger partial charge in [0.1, 0.15) is 12.6 Å². The van der Waals surface area contributed by atoms with Crippen LogP contribution < -0.4 is 10.6 Å². The lowest BCUT2D eigenvalue weighted by Crippen LogP contribution is -2.40. The van der Waals surface area contributed by atoms with Crippen LogP contribution >= 0.6 is 0 Å². The summed E-state index contributed by atoms with van der Waals surface area (Å²) in [6.45, 7) is 1.38. The first kappa shape index (κ1) is 27.2. The van der Waals surface area contributed by atoms with Crippen molar-refractivity contribution in [1.82, 2.24) is 15.5 Å². The van der Waals surface area contributed by atoms with E-state index in [1.807, 2.05) is 0 Å². The molecule has 0 aromatic carbocycles. The summed E-state index contributed by atoms with van der Waals surface area (Å²) in [5.41, 5.74) is 0. The van der Waals surface area contributed by atoms with Crippen molar-refractivity contribution in [1.29, 1.82) is 0 Å². The summed E-state index contributed by atoms with van der Waals surface area (Å²) in [6, 6.07) is -0.985. The second kappa shape index (κ2) is 15.9. The number of methoxy groups -OCH3 is 1. The Labute approximate surface area is 187 Å². The second-order valence-corrected chi connectivity index (χ2v) is 7.32. The van der Waals surface area contributed by atoms with Crippen LogP contribution in [-0.4, -0.2) is 85.7 Å². The van der Waals surface area contributed by atoms with Crippen LogP contribution in [0.4, 0.5) is 0 Å². The van der Waals surface area contributed by atoms with Crippen molar-refractivity contribution >= 4 is 29.6 Å². The fourth-order valence-corrected chi connectivity index (χ4v) is 2.97. The van der Waals surface area contributed by atoms with E-state index in [9.17, 15) is 29.1 Å². The third kappa shape index (κ3) is 11.6. The molecule has 0 saturated carbocycles. The molecule has 1 aliphatic heterocycles. The number of amides is 4. The zero-order chi connectivity index (χ0) is 23.8. The molecule has 0 spiro atoms. The standard InChI is InChI=1S/C21H33N3O8/c1-31-13-14-32-15-18(26)22-11-5-4-7-16(21(29)30)23-17(25)8-3-2-6-12-24-19(27)9-10-20(24)28/h9-10,16H,2-8,11-15H2,1H3,(H,22,26)(H,23,25)(H,29,30)/t16-/m0/s1. The SMILES string of the molecule is COCCOCC(=O)NCCCC[C@H](NC(=O)CCCCCN1C(=O)C=CC1=O)C(=O)O. The molecule has 0 bridgehead atoms. The molecule has 0 fully saturated rings. The summed E-state index contributed by atoms with van der Waals surface area (Å²) < 4.78 is 9.90. The van der Waals surface area contributed by atoms with E-state index in [0.29, 0.717) is 58.4 Å². The number of imide groups is 1. The lowest BCUT2D eigenvalue weighted by atomic mass is 10.1. The monoisotopic (exact) mass is 455 g/mol. The molecule has 1 heterocycles. The lowest BCUT2D eigenvalue weighted by molar-refractivity contribution is -0.142. The molecule has 3 N–H and O–H groups in total. The summed E-state index contributed by atoms with van der Waals surface area (Å²) in [7, 11) is 1.54. The van der Waals surface area contributed by atoms with Crippen molar-refractivity contribution in [3.05, 3.63) is 12.2 Å². The Kier molecular flexibility index (Phi) is 13.6. The minimum Gasteiger partial charge on any atom is -0.480 e. The minimum atomic E-state index is -1.10. The van der Waals surface area contributed by atoms with Gasteiger partial charge in [0.05, 0.1) is 13.2 Å².